The van der Waals surface area contributed by atoms with Crippen molar-refractivity contribution in [3.8, 4) is 23.1 Å². The van der Waals surface area contributed by atoms with E-state index in [-0.39, 0.29) is 17.2 Å². The van der Waals surface area contributed by atoms with Gasteiger partial charge in [0.2, 0.25) is 5.95 Å². The maximum atomic E-state index is 12.1. The third-order valence-corrected chi connectivity index (χ3v) is 3.30. The summed E-state index contributed by atoms with van der Waals surface area (Å²) in [5.41, 5.74) is 2.85. The van der Waals surface area contributed by atoms with Crippen LogP contribution in [0.2, 0.25) is 0 Å². The summed E-state index contributed by atoms with van der Waals surface area (Å²) in [6, 6.07) is 12.2. The van der Waals surface area contributed by atoms with Gasteiger partial charge in [0.15, 0.2) is 0 Å². The van der Waals surface area contributed by atoms with Crippen molar-refractivity contribution in [2.45, 2.75) is 0 Å². The number of hydrazone groups is 1. The van der Waals surface area contributed by atoms with Crippen molar-refractivity contribution in [3.05, 3.63) is 64.3 Å². The number of anilines is 1. The van der Waals surface area contributed by atoms with Gasteiger partial charge >= 0.3 is 0 Å². The molecule has 0 aliphatic heterocycles. The number of nitrogens with zero attached hydrogens (tertiary/aromatic N) is 3. The van der Waals surface area contributed by atoms with Crippen molar-refractivity contribution in [1.29, 1.82) is 5.26 Å². The van der Waals surface area contributed by atoms with E-state index in [0.717, 1.165) is 0 Å². The first kappa shape index (κ1) is 16.0. The van der Waals surface area contributed by atoms with Crippen LogP contribution < -0.4 is 15.7 Å². The molecule has 0 radical (unpaired) electrons. The smallest absolute Gasteiger partial charge is 0.270 e. The van der Waals surface area contributed by atoms with E-state index in [4.69, 9.17) is 9.15 Å². The first-order valence-corrected chi connectivity index (χ1v) is 7.22. The molecule has 3 rings (SSSR count). The minimum Gasteiger partial charge on any atom is -0.497 e. The van der Waals surface area contributed by atoms with Crippen LogP contribution in [-0.4, -0.2) is 23.3 Å². The summed E-state index contributed by atoms with van der Waals surface area (Å²) < 4.78 is 10.2. The Balaban J connectivity index is 1.94. The van der Waals surface area contributed by atoms with Crippen LogP contribution in [0.1, 0.15) is 11.3 Å². The number of nitrogens with one attached hydrogen (secondary N) is 2. The number of aromatic amines is 1. The standard InChI is InChI=1S/C17H13N5O3/c1-24-12-6-4-11(5-7-12)15-14(9-18)16(23)21-17(20-15)22-19-10-13-3-2-8-25-13/h2-8,10H,1H3,(H2,20,21,22,23)/b19-10+. The van der Waals surface area contributed by atoms with E-state index in [1.165, 1.54) is 12.5 Å². The SMILES string of the molecule is COc1ccc(-c2nc(N/N=C/c3ccco3)[nH]c(=O)c2C#N)cc1. The Kier molecular flexibility index (Phi) is 4.58. The summed E-state index contributed by atoms with van der Waals surface area (Å²) in [7, 11) is 1.56. The van der Waals surface area contributed by atoms with Gasteiger partial charge in [0.25, 0.3) is 5.56 Å². The molecule has 0 unspecified atom stereocenters. The second kappa shape index (κ2) is 7.14. The van der Waals surface area contributed by atoms with E-state index in [2.05, 4.69) is 20.5 Å². The van der Waals surface area contributed by atoms with Gasteiger partial charge in [-0.25, -0.2) is 10.4 Å². The minimum atomic E-state index is -0.556. The molecule has 0 spiro atoms. The molecule has 0 bridgehead atoms. The van der Waals surface area contributed by atoms with Gasteiger partial charge in [0.05, 0.1) is 25.3 Å². The number of H-pyrrole nitrogens is 1. The zero-order chi connectivity index (χ0) is 17.6. The molecule has 0 saturated carbocycles. The molecule has 25 heavy (non-hydrogen) atoms. The van der Waals surface area contributed by atoms with Crippen LogP contribution in [0.3, 0.4) is 0 Å². The molecule has 2 heterocycles. The van der Waals surface area contributed by atoms with E-state index in [1.807, 2.05) is 6.07 Å². The summed E-state index contributed by atoms with van der Waals surface area (Å²) in [4.78, 5) is 18.9. The maximum absolute atomic E-state index is 12.1. The van der Waals surface area contributed by atoms with Crippen LogP contribution in [0.15, 0.2) is 57.0 Å². The molecule has 1 aromatic carbocycles. The largest absolute Gasteiger partial charge is 0.497 e. The predicted octanol–water partition coefficient (Wildman–Crippen LogP) is 2.36. The van der Waals surface area contributed by atoms with Gasteiger partial charge in [-0.2, -0.15) is 10.4 Å². The number of furan rings is 1. The summed E-state index contributed by atoms with van der Waals surface area (Å²) in [6.45, 7) is 0. The van der Waals surface area contributed by atoms with Crippen LogP contribution in [0.25, 0.3) is 11.3 Å². The molecule has 3 aromatic rings. The molecule has 0 aliphatic carbocycles. The lowest BCUT2D eigenvalue weighted by Crippen LogP contribution is -2.16. The van der Waals surface area contributed by atoms with E-state index >= 15 is 0 Å². The number of aromatic nitrogens is 2. The fourth-order valence-corrected chi connectivity index (χ4v) is 2.11. The lowest BCUT2D eigenvalue weighted by atomic mass is 10.1. The average molecular weight is 335 g/mol. The molecule has 124 valence electrons. The van der Waals surface area contributed by atoms with Crippen molar-refractivity contribution in [2.75, 3.05) is 12.5 Å². The Bertz CT molecular complexity index is 983. The average Bonchev–Trinajstić information content (AvgIpc) is 3.15. The highest BCUT2D eigenvalue weighted by Gasteiger charge is 2.13. The zero-order valence-electron chi connectivity index (χ0n) is 13.2. The van der Waals surface area contributed by atoms with Crippen molar-refractivity contribution >= 4 is 12.2 Å². The number of ether oxygens (including phenoxy) is 1. The Morgan fingerprint density at radius 3 is 2.80 bits per heavy atom. The van der Waals surface area contributed by atoms with Gasteiger partial charge in [0, 0.05) is 5.56 Å². The van der Waals surface area contributed by atoms with Crippen LogP contribution in [0.5, 0.6) is 5.75 Å². The Labute approximate surface area is 142 Å². The second-order valence-corrected chi connectivity index (χ2v) is 4.86. The third-order valence-electron chi connectivity index (χ3n) is 3.30. The lowest BCUT2D eigenvalue weighted by Gasteiger charge is -2.07. The highest BCUT2D eigenvalue weighted by atomic mass is 16.5. The summed E-state index contributed by atoms with van der Waals surface area (Å²) >= 11 is 0. The van der Waals surface area contributed by atoms with E-state index in [0.29, 0.717) is 17.1 Å². The minimum absolute atomic E-state index is 0.0780. The Morgan fingerprint density at radius 1 is 1.36 bits per heavy atom. The van der Waals surface area contributed by atoms with Crippen LogP contribution in [0.4, 0.5) is 5.95 Å². The number of rotatable bonds is 5. The van der Waals surface area contributed by atoms with Gasteiger partial charge in [-0.1, -0.05) is 0 Å². The number of methoxy groups -OCH3 is 1. The van der Waals surface area contributed by atoms with Gasteiger partial charge in [0.1, 0.15) is 23.1 Å². The van der Waals surface area contributed by atoms with Crippen molar-refractivity contribution in [3.63, 3.8) is 0 Å². The molecule has 0 aliphatic rings. The van der Waals surface area contributed by atoms with Crippen molar-refractivity contribution < 1.29 is 9.15 Å². The highest BCUT2D eigenvalue weighted by Crippen LogP contribution is 2.22. The molecule has 2 aromatic heterocycles. The number of nitriles is 1. The molecule has 0 atom stereocenters. The van der Waals surface area contributed by atoms with E-state index in [1.54, 1.807) is 43.5 Å². The molecule has 8 nitrogen and oxygen atoms in total. The van der Waals surface area contributed by atoms with Crippen molar-refractivity contribution in [1.82, 2.24) is 9.97 Å². The molecule has 0 amide bonds. The molecule has 2 N–H and O–H groups in total. The van der Waals surface area contributed by atoms with E-state index in [9.17, 15) is 10.1 Å². The Hall–Kier alpha value is -3.86. The maximum Gasteiger partial charge on any atom is 0.270 e. The van der Waals surface area contributed by atoms with Crippen LogP contribution in [-0.2, 0) is 0 Å². The normalized spacial score (nSPS) is 10.6. The summed E-state index contributed by atoms with van der Waals surface area (Å²) in [5, 5.41) is 13.2. The lowest BCUT2D eigenvalue weighted by molar-refractivity contribution is 0.415. The van der Waals surface area contributed by atoms with Gasteiger partial charge in [-0.15, -0.1) is 0 Å². The van der Waals surface area contributed by atoms with E-state index < -0.39 is 5.56 Å². The monoisotopic (exact) mass is 335 g/mol. The second-order valence-electron chi connectivity index (χ2n) is 4.86. The fraction of sp³-hybridized carbons (Fsp3) is 0.0588. The third kappa shape index (κ3) is 3.56. The number of benzene rings is 1. The predicted molar refractivity (Wildman–Crippen MR) is 91.5 cm³/mol. The molecule has 8 heteroatoms. The topological polar surface area (TPSA) is 116 Å². The molecule has 0 fully saturated rings. The first-order valence-electron chi connectivity index (χ1n) is 7.22. The fourth-order valence-electron chi connectivity index (χ4n) is 2.11. The molecular formula is C17H13N5O3. The molecule has 0 saturated heterocycles. The Morgan fingerprint density at radius 2 is 2.16 bits per heavy atom. The highest BCUT2D eigenvalue weighted by molar-refractivity contribution is 5.76. The molecular weight excluding hydrogens is 322 g/mol. The van der Waals surface area contributed by atoms with Crippen molar-refractivity contribution in [2.24, 2.45) is 5.10 Å². The number of hydrogen-bond acceptors (Lipinski definition) is 7. The van der Waals surface area contributed by atoms with Crippen LogP contribution >= 0.6 is 0 Å². The van der Waals surface area contributed by atoms with Crippen LogP contribution in [0, 0.1) is 11.3 Å². The van der Waals surface area contributed by atoms with Gasteiger partial charge < -0.3 is 9.15 Å². The zero-order valence-corrected chi connectivity index (χ0v) is 13.2. The van der Waals surface area contributed by atoms with Gasteiger partial charge in [-0.3, -0.25) is 9.78 Å². The first-order chi connectivity index (χ1) is 12.2. The number of hydrogen-bond donors (Lipinski definition) is 2. The summed E-state index contributed by atoms with van der Waals surface area (Å²) in [5.74, 6) is 1.31. The van der Waals surface area contributed by atoms with Gasteiger partial charge in [-0.05, 0) is 36.4 Å². The summed E-state index contributed by atoms with van der Waals surface area (Å²) in [6.07, 6.45) is 2.95. The quantitative estimate of drug-likeness (QED) is 0.546.